The molecule has 0 aromatic heterocycles. The molecule has 2 rings (SSSR count). The number of benzene rings is 2. The standard InChI is InChI=1S/C16H14I2O4S.C2H6/c1-8-4-9(2-3-14(19)20)5-12(18)16(8)22-10-6-11(17)15(21)13(23)7-10;1-2/h4-7,21,23H,2-3H2,1H3,(H,19,20);1-2H3. The summed E-state index contributed by atoms with van der Waals surface area (Å²) in [5.74, 6) is 0.644. The number of aromatic hydroxyl groups is 1. The van der Waals surface area contributed by atoms with E-state index in [1.807, 2.05) is 55.5 Å². The minimum Gasteiger partial charge on any atom is -0.506 e. The summed E-state index contributed by atoms with van der Waals surface area (Å²) in [6, 6.07) is 7.27. The molecule has 2 aromatic carbocycles. The quantitative estimate of drug-likeness (QED) is 0.296. The lowest BCUT2D eigenvalue weighted by Gasteiger charge is -2.14. The topological polar surface area (TPSA) is 66.8 Å². The zero-order valence-electron chi connectivity index (χ0n) is 14.1. The molecule has 0 aliphatic carbocycles. The van der Waals surface area contributed by atoms with Gasteiger partial charge in [-0.2, -0.15) is 0 Å². The summed E-state index contributed by atoms with van der Waals surface area (Å²) in [5, 5.41) is 18.5. The summed E-state index contributed by atoms with van der Waals surface area (Å²) in [5.41, 5.74) is 1.90. The van der Waals surface area contributed by atoms with Gasteiger partial charge in [0.25, 0.3) is 0 Å². The first kappa shape index (κ1) is 22.4. The van der Waals surface area contributed by atoms with Gasteiger partial charge >= 0.3 is 5.97 Å². The van der Waals surface area contributed by atoms with Crippen LogP contribution in [0.1, 0.15) is 31.4 Å². The molecule has 0 bridgehead atoms. The molecular formula is C18H20I2O4S. The highest BCUT2D eigenvalue weighted by Gasteiger charge is 2.12. The normalized spacial score (nSPS) is 10.0. The van der Waals surface area contributed by atoms with E-state index >= 15 is 0 Å². The van der Waals surface area contributed by atoms with Crippen LogP contribution >= 0.6 is 57.8 Å². The molecule has 0 heterocycles. The van der Waals surface area contributed by atoms with Crippen molar-refractivity contribution in [2.45, 2.75) is 38.5 Å². The Hall–Kier alpha value is -0.680. The van der Waals surface area contributed by atoms with Gasteiger partial charge in [-0.15, -0.1) is 12.6 Å². The van der Waals surface area contributed by atoms with Crippen molar-refractivity contribution in [2.24, 2.45) is 0 Å². The van der Waals surface area contributed by atoms with Crippen LogP contribution in [0.5, 0.6) is 17.2 Å². The largest absolute Gasteiger partial charge is 0.506 e. The summed E-state index contributed by atoms with van der Waals surface area (Å²) < 4.78 is 7.52. The molecule has 2 N–H and O–H groups in total. The zero-order chi connectivity index (χ0) is 19.1. The van der Waals surface area contributed by atoms with Crippen molar-refractivity contribution in [3.8, 4) is 17.2 Å². The number of rotatable bonds is 5. The molecule has 0 spiro atoms. The van der Waals surface area contributed by atoms with Crippen LogP contribution in [0.25, 0.3) is 0 Å². The Morgan fingerprint density at radius 3 is 2.32 bits per heavy atom. The third kappa shape index (κ3) is 6.52. The van der Waals surface area contributed by atoms with Crippen LogP contribution in [0, 0.1) is 14.1 Å². The number of carbonyl (C=O) groups is 1. The highest BCUT2D eigenvalue weighted by molar-refractivity contribution is 14.1. The molecule has 0 fully saturated rings. The number of aliphatic carboxylic acids is 1. The number of phenols is 1. The fraction of sp³-hybridized carbons (Fsp3) is 0.278. The number of hydrogen-bond donors (Lipinski definition) is 3. The smallest absolute Gasteiger partial charge is 0.303 e. The van der Waals surface area contributed by atoms with Gasteiger partial charge in [0.05, 0.1) is 12.0 Å². The Balaban J connectivity index is 0.00000151. The maximum Gasteiger partial charge on any atom is 0.303 e. The summed E-state index contributed by atoms with van der Waals surface area (Å²) in [7, 11) is 0. The molecule has 0 atom stereocenters. The molecule has 4 nitrogen and oxygen atoms in total. The van der Waals surface area contributed by atoms with Gasteiger partial charge in [0.2, 0.25) is 0 Å². The van der Waals surface area contributed by atoms with Crippen LogP contribution in [0.2, 0.25) is 0 Å². The van der Waals surface area contributed by atoms with E-state index in [1.165, 1.54) is 0 Å². The van der Waals surface area contributed by atoms with Gasteiger partial charge in [0.1, 0.15) is 17.2 Å². The van der Waals surface area contributed by atoms with Crippen molar-refractivity contribution in [1.82, 2.24) is 0 Å². The van der Waals surface area contributed by atoms with Gasteiger partial charge < -0.3 is 14.9 Å². The molecule has 0 amide bonds. The van der Waals surface area contributed by atoms with E-state index in [2.05, 4.69) is 35.2 Å². The fourth-order valence-corrected chi connectivity index (χ4v) is 4.06. The Kier molecular flexibility index (Phi) is 9.36. The number of aryl methyl sites for hydroxylation is 2. The van der Waals surface area contributed by atoms with E-state index < -0.39 is 5.97 Å². The predicted molar refractivity (Wildman–Crippen MR) is 119 cm³/mol. The highest BCUT2D eigenvalue weighted by atomic mass is 127. The van der Waals surface area contributed by atoms with E-state index in [0.29, 0.717) is 20.6 Å². The Morgan fingerprint density at radius 1 is 1.16 bits per heavy atom. The molecule has 0 saturated carbocycles. The zero-order valence-corrected chi connectivity index (χ0v) is 19.3. The van der Waals surface area contributed by atoms with Crippen LogP contribution in [0.3, 0.4) is 0 Å². The number of thiol groups is 1. The molecule has 0 radical (unpaired) electrons. The third-order valence-electron chi connectivity index (χ3n) is 3.15. The Labute approximate surface area is 180 Å². The predicted octanol–water partition coefficient (Wildman–Crippen LogP) is 6.03. The fourth-order valence-electron chi connectivity index (χ4n) is 2.06. The van der Waals surface area contributed by atoms with Crippen LogP contribution in [0.4, 0.5) is 0 Å². The second kappa shape index (κ2) is 10.5. The van der Waals surface area contributed by atoms with E-state index in [4.69, 9.17) is 9.84 Å². The molecule has 136 valence electrons. The van der Waals surface area contributed by atoms with Crippen molar-refractivity contribution < 1.29 is 19.7 Å². The SMILES string of the molecule is CC.Cc1cc(CCC(=O)O)cc(I)c1Oc1cc(S)c(O)c(I)c1. The first-order chi connectivity index (χ1) is 11.8. The lowest BCUT2D eigenvalue weighted by Crippen LogP contribution is -1.99. The molecule has 0 aliphatic rings. The van der Waals surface area contributed by atoms with Crippen LogP contribution in [-0.2, 0) is 11.2 Å². The van der Waals surface area contributed by atoms with Crippen molar-refractivity contribution in [2.75, 3.05) is 0 Å². The number of hydrogen-bond acceptors (Lipinski definition) is 4. The lowest BCUT2D eigenvalue weighted by atomic mass is 10.1. The second-order valence-corrected chi connectivity index (χ2v) is 7.80. The van der Waals surface area contributed by atoms with Gasteiger partial charge in [-0.1, -0.05) is 19.9 Å². The lowest BCUT2D eigenvalue weighted by molar-refractivity contribution is -0.136. The van der Waals surface area contributed by atoms with Crippen molar-refractivity contribution in [1.29, 1.82) is 0 Å². The minimum atomic E-state index is -0.807. The van der Waals surface area contributed by atoms with Crippen molar-refractivity contribution >= 4 is 63.8 Å². The van der Waals surface area contributed by atoms with Gasteiger partial charge in [-0.05, 0) is 87.9 Å². The summed E-state index contributed by atoms with van der Waals surface area (Å²) in [4.78, 5) is 11.1. The van der Waals surface area contributed by atoms with E-state index in [9.17, 15) is 9.90 Å². The van der Waals surface area contributed by atoms with E-state index in [1.54, 1.807) is 12.1 Å². The average molecular weight is 586 g/mol. The summed E-state index contributed by atoms with van der Waals surface area (Å²) >= 11 is 8.42. The number of ether oxygens (including phenoxy) is 1. The van der Waals surface area contributed by atoms with Crippen LogP contribution in [-0.4, -0.2) is 16.2 Å². The molecule has 7 heteroatoms. The van der Waals surface area contributed by atoms with Gasteiger partial charge in [-0.25, -0.2) is 0 Å². The van der Waals surface area contributed by atoms with Gasteiger partial charge in [0.15, 0.2) is 0 Å². The van der Waals surface area contributed by atoms with Crippen LogP contribution < -0.4 is 4.74 Å². The molecule has 0 unspecified atom stereocenters. The maximum absolute atomic E-state index is 10.7. The number of carboxylic acids is 1. The molecule has 2 aromatic rings. The first-order valence-electron chi connectivity index (χ1n) is 7.68. The Morgan fingerprint density at radius 2 is 1.80 bits per heavy atom. The maximum atomic E-state index is 10.7. The number of halogens is 2. The molecule has 0 aliphatic heterocycles. The molecule has 0 saturated heterocycles. The number of carboxylic acid groups (broad SMARTS) is 1. The third-order valence-corrected chi connectivity index (χ3v) is 5.12. The van der Waals surface area contributed by atoms with E-state index in [0.717, 1.165) is 20.4 Å². The summed E-state index contributed by atoms with van der Waals surface area (Å²) in [6.45, 7) is 5.93. The highest BCUT2D eigenvalue weighted by Crippen LogP contribution is 2.36. The van der Waals surface area contributed by atoms with Crippen molar-refractivity contribution in [3.05, 3.63) is 42.5 Å². The second-order valence-electron chi connectivity index (χ2n) is 4.99. The van der Waals surface area contributed by atoms with Crippen LogP contribution in [0.15, 0.2) is 29.2 Å². The first-order valence-corrected chi connectivity index (χ1v) is 10.3. The van der Waals surface area contributed by atoms with Gasteiger partial charge in [0, 0.05) is 6.42 Å². The Bertz CT molecular complexity index is 717. The van der Waals surface area contributed by atoms with E-state index in [-0.39, 0.29) is 12.2 Å². The average Bonchev–Trinajstić information content (AvgIpc) is 2.55. The minimum absolute atomic E-state index is 0.106. The molecular weight excluding hydrogens is 566 g/mol. The molecule has 25 heavy (non-hydrogen) atoms. The van der Waals surface area contributed by atoms with Gasteiger partial charge in [-0.3, -0.25) is 4.79 Å². The number of phenolic OH excluding ortho intramolecular Hbond substituents is 1. The summed E-state index contributed by atoms with van der Waals surface area (Å²) in [6.07, 6.45) is 0.596. The monoisotopic (exact) mass is 586 g/mol. The van der Waals surface area contributed by atoms with Crippen molar-refractivity contribution in [3.63, 3.8) is 0 Å².